The molecule has 0 unspecified atom stereocenters. The molecule has 1 N–H and O–H groups in total. The Labute approximate surface area is 130 Å². The van der Waals surface area contributed by atoms with Crippen LogP contribution in [0.3, 0.4) is 0 Å². The minimum Gasteiger partial charge on any atom is -0.494 e. The first-order chi connectivity index (χ1) is 10.1. The van der Waals surface area contributed by atoms with Gasteiger partial charge in [-0.15, -0.1) is 0 Å². The van der Waals surface area contributed by atoms with Gasteiger partial charge in [0, 0.05) is 26.8 Å². The van der Waals surface area contributed by atoms with Crippen LogP contribution >= 0.6 is 0 Å². The van der Waals surface area contributed by atoms with Gasteiger partial charge in [-0.1, -0.05) is 39.3 Å². The molecule has 0 atom stereocenters. The van der Waals surface area contributed by atoms with Gasteiger partial charge in [-0.25, -0.2) is 0 Å². The number of hydrogen-bond acceptors (Lipinski definition) is 3. The lowest BCUT2D eigenvalue weighted by Crippen LogP contribution is -2.30. The van der Waals surface area contributed by atoms with E-state index in [0.29, 0.717) is 0 Å². The molecule has 0 aliphatic rings. The van der Waals surface area contributed by atoms with Crippen LogP contribution in [0.1, 0.15) is 45.6 Å². The van der Waals surface area contributed by atoms with Crippen LogP contribution in [0.4, 0.5) is 0 Å². The van der Waals surface area contributed by atoms with E-state index in [1.165, 1.54) is 12.0 Å². The van der Waals surface area contributed by atoms with Crippen LogP contribution in [-0.2, 0) is 11.3 Å². The molecule has 0 aromatic heterocycles. The zero-order valence-electron chi connectivity index (χ0n) is 14.1. The maximum atomic E-state index is 5.67. The van der Waals surface area contributed by atoms with E-state index in [1.54, 1.807) is 7.11 Å². The molecule has 0 aliphatic heterocycles. The van der Waals surface area contributed by atoms with Gasteiger partial charge < -0.3 is 14.8 Å². The molecule has 3 nitrogen and oxygen atoms in total. The van der Waals surface area contributed by atoms with Crippen molar-refractivity contribution in [3.05, 3.63) is 29.8 Å². The predicted octanol–water partition coefficient (Wildman–Crippen LogP) is 4.02. The second-order valence-corrected chi connectivity index (χ2v) is 6.36. The summed E-state index contributed by atoms with van der Waals surface area (Å²) in [5.41, 5.74) is 1.56. The summed E-state index contributed by atoms with van der Waals surface area (Å²) in [5.74, 6) is 0.965. The van der Waals surface area contributed by atoms with E-state index < -0.39 is 0 Å². The van der Waals surface area contributed by atoms with Crippen molar-refractivity contribution < 1.29 is 9.47 Å². The fraction of sp³-hybridized carbons (Fsp3) is 0.667. The highest BCUT2D eigenvalue weighted by Crippen LogP contribution is 2.19. The van der Waals surface area contributed by atoms with Crippen LogP contribution in [0.2, 0.25) is 0 Å². The maximum absolute atomic E-state index is 5.67. The Bertz CT molecular complexity index is 373. The smallest absolute Gasteiger partial charge is 0.119 e. The van der Waals surface area contributed by atoms with Crippen LogP contribution in [0.15, 0.2) is 24.3 Å². The third kappa shape index (κ3) is 8.08. The number of methoxy groups -OCH3 is 1. The predicted molar refractivity (Wildman–Crippen MR) is 88.8 cm³/mol. The highest BCUT2D eigenvalue weighted by molar-refractivity contribution is 5.27. The van der Waals surface area contributed by atoms with Crippen molar-refractivity contribution in [2.24, 2.45) is 5.41 Å². The van der Waals surface area contributed by atoms with Crippen LogP contribution < -0.4 is 10.1 Å². The minimum absolute atomic E-state index is 0.263. The highest BCUT2D eigenvalue weighted by atomic mass is 16.5. The average Bonchev–Trinajstić information content (AvgIpc) is 2.47. The lowest BCUT2D eigenvalue weighted by atomic mass is 9.89. The van der Waals surface area contributed by atoms with Gasteiger partial charge in [0.1, 0.15) is 5.75 Å². The molecule has 0 radical (unpaired) electrons. The number of nitrogens with one attached hydrogen (secondary N) is 1. The zero-order chi connectivity index (χ0) is 15.6. The Morgan fingerprint density at radius 3 is 2.43 bits per heavy atom. The van der Waals surface area contributed by atoms with Crippen LogP contribution in [-0.4, -0.2) is 26.9 Å². The molecule has 0 saturated heterocycles. The number of benzene rings is 1. The van der Waals surface area contributed by atoms with E-state index in [0.717, 1.165) is 44.9 Å². The van der Waals surface area contributed by atoms with E-state index in [2.05, 4.69) is 50.4 Å². The maximum Gasteiger partial charge on any atom is 0.119 e. The molecule has 0 amide bonds. The first-order valence-electron chi connectivity index (χ1n) is 7.99. The molecular weight excluding hydrogens is 262 g/mol. The van der Waals surface area contributed by atoms with Gasteiger partial charge in [0.25, 0.3) is 0 Å². The quantitative estimate of drug-likeness (QED) is 0.625. The summed E-state index contributed by atoms with van der Waals surface area (Å²) in [4.78, 5) is 0. The Morgan fingerprint density at radius 2 is 1.81 bits per heavy atom. The molecule has 3 heteroatoms. The minimum atomic E-state index is 0.263. The number of ether oxygens (including phenoxy) is 2. The summed E-state index contributed by atoms with van der Waals surface area (Å²) in [6.45, 7) is 10.2. The van der Waals surface area contributed by atoms with E-state index in [1.807, 2.05) is 0 Å². The van der Waals surface area contributed by atoms with Crippen molar-refractivity contribution in [3.63, 3.8) is 0 Å². The fourth-order valence-electron chi connectivity index (χ4n) is 2.05. The van der Waals surface area contributed by atoms with Crippen molar-refractivity contribution in [2.75, 3.05) is 26.9 Å². The van der Waals surface area contributed by atoms with Crippen LogP contribution in [0, 0.1) is 5.41 Å². The van der Waals surface area contributed by atoms with Crippen molar-refractivity contribution in [3.8, 4) is 5.75 Å². The molecule has 0 bridgehead atoms. The highest BCUT2D eigenvalue weighted by Gasteiger charge is 2.16. The standard InChI is InChI=1S/C18H31NO2/c1-5-6-12-21-17-9-7-16(8-10-17)14-19-15-18(2,3)11-13-20-4/h7-10,19H,5-6,11-15H2,1-4H3. The van der Waals surface area contributed by atoms with Gasteiger partial charge >= 0.3 is 0 Å². The van der Waals surface area contributed by atoms with Crippen molar-refractivity contribution in [1.82, 2.24) is 5.32 Å². The summed E-state index contributed by atoms with van der Waals surface area (Å²) in [7, 11) is 1.76. The SMILES string of the molecule is CCCCOc1ccc(CNCC(C)(C)CCOC)cc1. The molecule has 1 aromatic carbocycles. The van der Waals surface area contributed by atoms with Crippen molar-refractivity contribution >= 4 is 0 Å². The Balaban J connectivity index is 2.29. The molecule has 1 rings (SSSR count). The molecule has 0 saturated carbocycles. The van der Waals surface area contributed by atoms with Gasteiger partial charge in [0.2, 0.25) is 0 Å². The summed E-state index contributed by atoms with van der Waals surface area (Å²) in [6.07, 6.45) is 3.35. The molecule has 0 heterocycles. The lowest BCUT2D eigenvalue weighted by Gasteiger charge is -2.24. The normalized spacial score (nSPS) is 11.6. The molecular formula is C18H31NO2. The first kappa shape index (κ1) is 18.0. The molecule has 0 spiro atoms. The summed E-state index contributed by atoms with van der Waals surface area (Å²) in [6, 6.07) is 8.39. The number of rotatable bonds is 11. The molecule has 21 heavy (non-hydrogen) atoms. The van der Waals surface area contributed by atoms with Gasteiger partial charge in [-0.05, 0) is 36.0 Å². The first-order valence-corrected chi connectivity index (χ1v) is 7.99. The third-order valence-corrected chi connectivity index (χ3v) is 3.61. The van der Waals surface area contributed by atoms with Crippen molar-refractivity contribution in [2.45, 2.75) is 46.6 Å². The number of unbranched alkanes of at least 4 members (excludes halogenated alkanes) is 1. The monoisotopic (exact) mass is 293 g/mol. The second kappa shape index (κ2) is 9.80. The van der Waals surface area contributed by atoms with Crippen molar-refractivity contribution in [1.29, 1.82) is 0 Å². The molecule has 120 valence electrons. The molecule has 1 aromatic rings. The summed E-state index contributed by atoms with van der Waals surface area (Å²) < 4.78 is 10.8. The average molecular weight is 293 g/mol. The fourth-order valence-corrected chi connectivity index (χ4v) is 2.05. The van der Waals surface area contributed by atoms with Gasteiger partial charge in [0.05, 0.1) is 6.61 Å². The third-order valence-electron chi connectivity index (χ3n) is 3.61. The van der Waals surface area contributed by atoms with E-state index in [4.69, 9.17) is 9.47 Å². The molecule has 0 fully saturated rings. The van der Waals surface area contributed by atoms with Crippen LogP contribution in [0.25, 0.3) is 0 Å². The summed E-state index contributed by atoms with van der Waals surface area (Å²) in [5, 5.41) is 3.53. The van der Waals surface area contributed by atoms with Gasteiger partial charge in [0.15, 0.2) is 0 Å². The second-order valence-electron chi connectivity index (χ2n) is 6.36. The zero-order valence-corrected chi connectivity index (χ0v) is 14.1. The topological polar surface area (TPSA) is 30.5 Å². The summed E-state index contributed by atoms with van der Waals surface area (Å²) >= 11 is 0. The lowest BCUT2D eigenvalue weighted by molar-refractivity contribution is 0.150. The van der Waals surface area contributed by atoms with Crippen LogP contribution in [0.5, 0.6) is 5.75 Å². The molecule has 0 aliphatic carbocycles. The van der Waals surface area contributed by atoms with E-state index in [-0.39, 0.29) is 5.41 Å². The Morgan fingerprint density at radius 1 is 1.10 bits per heavy atom. The van der Waals surface area contributed by atoms with E-state index >= 15 is 0 Å². The van der Waals surface area contributed by atoms with Gasteiger partial charge in [-0.3, -0.25) is 0 Å². The van der Waals surface area contributed by atoms with E-state index in [9.17, 15) is 0 Å². The largest absolute Gasteiger partial charge is 0.494 e. The Hall–Kier alpha value is -1.06. The van der Waals surface area contributed by atoms with Gasteiger partial charge in [-0.2, -0.15) is 0 Å². The Kier molecular flexibility index (Phi) is 8.40. The number of hydrogen-bond donors (Lipinski definition) is 1.